The fourth-order valence-electron chi connectivity index (χ4n) is 3.79. The van der Waals surface area contributed by atoms with E-state index in [0.29, 0.717) is 12.3 Å². The standard InChI is InChI=1S/C23H31N3O2/c1-18-11-12-22(28-3)20(15-18)24-23(27)17-25(2)16-19-9-5-6-10-21(19)26-13-7-4-8-14-26/h5-6,9-12,15H,4,7-8,13-14,16-17H2,1-3H3,(H,24,27). The van der Waals surface area contributed by atoms with Crippen molar-refractivity contribution in [2.45, 2.75) is 32.7 Å². The number of carbonyl (C=O) groups is 1. The van der Waals surface area contributed by atoms with Gasteiger partial charge in [-0.15, -0.1) is 0 Å². The Morgan fingerprint density at radius 1 is 1.14 bits per heavy atom. The maximum atomic E-state index is 12.6. The van der Waals surface area contributed by atoms with E-state index in [9.17, 15) is 4.79 Å². The lowest BCUT2D eigenvalue weighted by Crippen LogP contribution is -2.33. The van der Waals surface area contributed by atoms with E-state index in [4.69, 9.17) is 4.74 Å². The molecule has 28 heavy (non-hydrogen) atoms. The van der Waals surface area contributed by atoms with E-state index < -0.39 is 0 Å². The zero-order valence-electron chi connectivity index (χ0n) is 17.2. The Hall–Kier alpha value is -2.53. The van der Waals surface area contributed by atoms with Gasteiger partial charge >= 0.3 is 0 Å². The third kappa shape index (κ3) is 5.26. The molecule has 1 aliphatic rings. The first kappa shape index (κ1) is 20.2. The summed E-state index contributed by atoms with van der Waals surface area (Å²) in [4.78, 5) is 17.1. The number of anilines is 2. The van der Waals surface area contributed by atoms with Crippen LogP contribution in [0.25, 0.3) is 0 Å². The minimum Gasteiger partial charge on any atom is -0.495 e. The molecular formula is C23H31N3O2. The van der Waals surface area contributed by atoms with Gasteiger partial charge in [-0.1, -0.05) is 24.3 Å². The van der Waals surface area contributed by atoms with Gasteiger partial charge in [-0.3, -0.25) is 9.69 Å². The first-order valence-corrected chi connectivity index (χ1v) is 10.0. The summed E-state index contributed by atoms with van der Waals surface area (Å²) >= 11 is 0. The number of hydrogen-bond acceptors (Lipinski definition) is 4. The SMILES string of the molecule is COc1ccc(C)cc1NC(=O)CN(C)Cc1ccccc1N1CCCCC1. The molecule has 5 heteroatoms. The lowest BCUT2D eigenvalue weighted by Gasteiger charge is -2.31. The molecule has 3 rings (SSSR count). The molecule has 0 unspecified atom stereocenters. The van der Waals surface area contributed by atoms with Gasteiger partial charge in [0.15, 0.2) is 0 Å². The summed E-state index contributed by atoms with van der Waals surface area (Å²) in [6.45, 7) is 5.30. The van der Waals surface area contributed by atoms with Crippen molar-refractivity contribution in [2.24, 2.45) is 0 Å². The van der Waals surface area contributed by atoms with E-state index in [1.54, 1.807) is 7.11 Å². The number of carbonyl (C=O) groups excluding carboxylic acids is 1. The molecule has 0 bridgehead atoms. The molecule has 0 saturated carbocycles. The molecule has 0 atom stereocenters. The number of likely N-dealkylation sites (N-methyl/N-ethyl adjacent to an activating group) is 1. The Morgan fingerprint density at radius 3 is 2.64 bits per heavy atom. The molecular weight excluding hydrogens is 350 g/mol. The summed E-state index contributed by atoms with van der Waals surface area (Å²) in [5.74, 6) is 0.638. The minimum atomic E-state index is -0.0400. The van der Waals surface area contributed by atoms with Crippen molar-refractivity contribution in [1.82, 2.24) is 4.90 Å². The summed E-state index contributed by atoms with van der Waals surface area (Å²) < 4.78 is 5.35. The topological polar surface area (TPSA) is 44.8 Å². The van der Waals surface area contributed by atoms with Crippen LogP contribution in [0.2, 0.25) is 0 Å². The van der Waals surface area contributed by atoms with Gasteiger partial charge in [0.1, 0.15) is 5.75 Å². The van der Waals surface area contributed by atoms with Crippen molar-refractivity contribution >= 4 is 17.3 Å². The molecule has 1 heterocycles. The van der Waals surface area contributed by atoms with Crippen LogP contribution < -0.4 is 15.0 Å². The van der Waals surface area contributed by atoms with Crippen molar-refractivity contribution in [1.29, 1.82) is 0 Å². The predicted octanol–water partition coefficient (Wildman–Crippen LogP) is 4.06. The van der Waals surface area contributed by atoms with Crippen molar-refractivity contribution < 1.29 is 9.53 Å². The molecule has 0 aliphatic carbocycles. The van der Waals surface area contributed by atoms with Crippen LogP contribution in [0.4, 0.5) is 11.4 Å². The summed E-state index contributed by atoms with van der Waals surface area (Å²) in [5, 5.41) is 2.98. The average Bonchev–Trinajstić information content (AvgIpc) is 2.69. The molecule has 150 valence electrons. The van der Waals surface area contributed by atoms with Gasteiger partial charge in [-0.2, -0.15) is 0 Å². The molecule has 2 aromatic carbocycles. The van der Waals surface area contributed by atoms with Crippen LogP contribution in [0.1, 0.15) is 30.4 Å². The summed E-state index contributed by atoms with van der Waals surface area (Å²) in [7, 11) is 3.60. The van der Waals surface area contributed by atoms with Gasteiger partial charge < -0.3 is 15.0 Å². The number of piperidine rings is 1. The highest BCUT2D eigenvalue weighted by Crippen LogP contribution is 2.26. The van der Waals surface area contributed by atoms with Crippen molar-refractivity contribution in [3.63, 3.8) is 0 Å². The monoisotopic (exact) mass is 381 g/mol. The summed E-state index contributed by atoms with van der Waals surface area (Å²) in [5.41, 5.74) is 4.37. The Balaban J connectivity index is 1.62. The number of aryl methyl sites for hydroxylation is 1. The first-order chi connectivity index (χ1) is 13.6. The Labute approximate surface area is 168 Å². The molecule has 1 fully saturated rings. The normalized spacial score (nSPS) is 14.2. The van der Waals surface area contributed by atoms with Gasteiger partial charge in [0, 0.05) is 25.3 Å². The van der Waals surface area contributed by atoms with Gasteiger partial charge in [-0.05, 0) is 62.6 Å². The third-order valence-corrected chi connectivity index (χ3v) is 5.17. The number of para-hydroxylation sites is 1. The molecule has 1 N–H and O–H groups in total. The molecule has 1 saturated heterocycles. The van der Waals surface area contributed by atoms with Crippen molar-refractivity contribution in [3.8, 4) is 5.75 Å². The van der Waals surface area contributed by atoms with Crippen LogP contribution in [0.15, 0.2) is 42.5 Å². The predicted molar refractivity (Wildman–Crippen MR) is 115 cm³/mol. The number of methoxy groups -OCH3 is 1. The van der Waals surface area contributed by atoms with Crippen LogP contribution in [0.5, 0.6) is 5.75 Å². The van der Waals surface area contributed by atoms with Crippen LogP contribution in [-0.4, -0.2) is 44.6 Å². The highest BCUT2D eigenvalue weighted by atomic mass is 16.5. The maximum absolute atomic E-state index is 12.6. The third-order valence-electron chi connectivity index (χ3n) is 5.17. The summed E-state index contributed by atoms with van der Waals surface area (Å²) in [6, 6.07) is 14.3. The molecule has 0 radical (unpaired) electrons. The first-order valence-electron chi connectivity index (χ1n) is 10.0. The molecule has 0 spiro atoms. The van der Waals surface area contributed by atoms with Crippen LogP contribution in [-0.2, 0) is 11.3 Å². The van der Waals surface area contributed by atoms with Crippen LogP contribution in [0.3, 0.4) is 0 Å². The molecule has 2 aromatic rings. The largest absolute Gasteiger partial charge is 0.495 e. The zero-order chi connectivity index (χ0) is 19.9. The highest BCUT2D eigenvalue weighted by Gasteiger charge is 2.16. The van der Waals surface area contributed by atoms with Gasteiger partial charge in [0.25, 0.3) is 0 Å². The lowest BCUT2D eigenvalue weighted by atomic mass is 10.1. The number of benzene rings is 2. The number of nitrogens with zero attached hydrogens (tertiary/aromatic N) is 2. The highest BCUT2D eigenvalue weighted by molar-refractivity contribution is 5.93. The molecule has 1 aliphatic heterocycles. The fraction of sp³-hybridized carbons (Fsp3) is 0.435. The number of nitrogens with one attached hydrogen (secondary N) is 1. The van der Waals surface area contributed by atoms with Gasteiger partial charge in [0.2, 0.25) is 5.91 Å². The Bertz CT molecular complexity index is 800. The quantitative estimate of drug-likeness (QED) is 0.785. The molecule has 0 aromatic heterocycles. The fourth-order valence-corrected chi connectivity index (χ4v) is 3.79. The number of amides is 1. The lowest BCUT2D eigenvalue weighted by molar-refractivity contribution is -0.117. The maximum Gasteiger partial charge on any atom is 0.238 e. The molecule has 1 amide bonds. The Kier molecular flexibility index (Phi) is 6.93. The van der Waals surface area contributed by atoms with Crippen molar-refractivity contribution in [3.05, 3.63) is 53.6 Å². The average molecular weight is 382 g/mol. The van der Waals surface area contributed by atoms with Crippen LogP contribution >= 0.6 is 0 Å². The van der Waals surface area contributed by atoms with Gasteiger partial charge in [0.05, 0.1) is 19.3 Å². The van der Waals surface area contributed by atoms with E-state index in [2.05, 4.69) is 39.4 Å². The van der Waals surface area contributed by atoms with E-state index in [1.807, 2.05) is 32.2 Å². The van der Waals surface area contributed by atoms with E-state index in [1.165, 1.54) is 30.5 Å². The zero-order valence-corrected chi connectivity index (χ0v) is 17.2. The second kappa shape index (κ2) is 9.60. The van der Waals surface area contributed by atoms with E-state index in [0.717, 1.165) is 30.9 Å². The second-order valence-electron chi connectivity index (χ2n) is 7.60. The second-order valence-corrected chi connectivity index (χ2v) is 7.60. The van der Waals surface area contributed by atoms with E-state index in [-0.39, 0.29) is 5.91 Å². The number of rotatable bonds is 7. The van der Waals surface area contributed by atoms with Gasteiger partial charge in [-0.25, -0.2) is 0 Å². The smallest absolute Gasteiger partial charge is 0.238 e. The van der Waals surface area contributed by atoms with Crippen LogP contribution in [0, 0.1) is 6.92 Å². The Morgan fingerprint density at radius 2 is 1.89 bits per heavy atom. The minimum absolute atomic E-state index is 0.0400. The number of ether oxygens (including phenoxy) is 1. The summed E-state index contributed by atoms with van der Waals surface area (Å²) in [6.07, 6.45) is 3.83. The van der Waals surface area contributed by atoms with Crippen molar-refractivity contribution in [2.75, 3.05) is 44.0 Å². The van der Waals surface area contributed by atoms with E-state index >= 15 is 0 Å². The molecule has 5 nitrogen and oxygen atoms in total. The number of hydrogen-bond donors (Lipinski definition) is 1.